The van der Waals surface area contributed by atoms with E-state index in [1.165, 1.54) is 29.3 Å². The molecule has 1 amide bonds. The van der Waals surface area contributed by atoms with Crippen molar-refractivity contribution >= 4 is 29.0 Å². The molecular formula is C13H19N3OS2. The van der Waals surface area contributed by atoms with Crippen molar-refractivity contribution in [1.82, 2.24) is 14.8 Å². The van der Waals surface area contributed by atoms with Gasteiger partial charge in [0.15, 0.2) is 0 Å². The summed E-state index contributed by atoms with van der Waals surface area (Å²) in [7, 11) is 0. The van der Waals surface area contributed by atoms with Crippen LogP contribution in [-0.2, 0) is 0 Å². The van der Waals surface area contributed by atoms with Crippen molar-refractivity contribution < 1.29 is 4.79 Å². The average molecular weight is 297 g/mol. The molecule has 0 radical (unpaired) electrons. The zero-order valence-electron chi connectivity index (χ0n) is 11.0. The Bertz CT molecular complexity index is 418. The third-order valence-corrected chi connectivity index (χ3v) is 5.62. The highest BCUT2D eigenvalue weighted by atomic mass is 32.2. The van der Waals surface area contributed by atoms with E-state index in [0.717, 1.165) is 38.6 Å². The third-order valence-electron chi connectivity index (χ3n) is 3.89. The molecule has 1 aromatic rings. The van der Waals surface area contributed by atoms with Gasteiger partial charge >= 0.3 is 0 Å². The molecule has 2 aliphatic rings. The van der Waals surface area contributed by atoms with Crippen molar-refractivity contribution in [3.63, 3.8) is 0 Å². The summed E-state index contributed by atoms with van der Waals surface area (Å²) in [5, 5.41) is 1.85. The van der Waals surface area contributed by atoms with E-state index in [1.807, 2.05) is 10.3 Å². The maximum atomic E-state index is 12.3. The Morgan fingerprint density at radius 3 is 3.00 bits per heavy atom. The number of hydrogen-bond acceptors (Lipinski definition) is 5. The Morgan fingerprint density at radius 1 is 1.32 bits per heavy atom. The predicted molar refractivity (Wildman–Crippen MR) is 79.9 cm³/mol. The number of aromatic nitrogens is 1. The molecule has 0 spiro atoms. The molecule has 0 saturated carbocycles. The van der Waals surface area contributed by atoms with Crippen LogP contribution in [0.1, 0.15) is 23.3 Å². The van der Waals surface area contributed by atoms with Crippen LogP contribution in [0.5, 0.6) is 0 Å². The van der Waals surface area contributed by atoms with E-state index in [0.29, 0.717) is 5.69 Å². The van der Waals surface area contributed by atoms with Gasteiger partial charge in [-0.2, -0.15) is 11.8 Å². The summed E-state index contributed by atoms with van der Waals surface area (Å²) in [5.41, 5.74) is 2.34. The van der Waals surface area contributed by atoms with Crippen molar-refractivity contribution in [2.45, 2.75) is 18.9 Å². The minimum absolute atomic E-state index is 0.101. The molecular weight excluding hydrogens is 278 g/mol. The van der Waals surface area contributed by atoms with Crippen molar-refractivity contribution in [3.05, 3.63) is 16.6 Å². The summed E-state index contributed by atoms with van der Waals surface area (Å²) in [6.45, 7) is 3.86. The van der Waals surface area contributed by atoms with Gasteiger partial charge in [-0.05, 0) is 18.6 Å². The van der Waals surface area contributed by atoms with Crippen LogP contribution in [0, 0.1) is 0 Å². The summed E-state index contributed by atoms with van der Waals surface area (Å²) >= 11 is 3.54. The second kappa shape index (κ2) is 6.24. The van der Waals surface area contributed by atoms with Gasteiger partial charge in [0.25, 0.3) is 5.91 Å². The van der Waals surface area contributed by atoms with E-state index in [-0.39, 0.29) is 5.91 Å². The second-order valence-electron chi connectivity index (χ2n) is 5.07. The fourth-order valence-electron chi connectivity index (χ4n) is 2.80. The molecule has 3 rings (SSSR count). The molecule has 0 N–H and O–H groups in total. The minimum atomic E-state index is 0.101. The summed E-state index contributed by atoms with van der Waals surface area (Å²) < 4.78 is 0. The largest absolute Gasteiger partial charge is 0.336 e. The number of thioether (sulfide) groups is 1. The summed E-state index contributed by atoms with van der Waals surface area (Å²) in [4.78, 5) is 21.0. The molecule has 2 saturated heterocycles. The van der Waals surface area contributed by atoms with Crippen molar-refractivity contribution in [2.75, 3.05) is 37.7 Å². The Morgan fingerprint density at radius 2 is 2.26 bits per heavy atom. The number of amides is 1. The summed E-state index contributed by atoms with van der Waals surface area (Å²) in [6.07, 6.45) is 2.39. The topological polar surface area (TPSA) is 36.4 Å². The lowest BCUT2D eigenvalue weighted by atomic mass is 10.2. The Labute approximate surface area is 122 Å². The lowest BCUT2D eigenvalue weighted by Gasteiger charge is -2.26. The number of carbonyl (C=O) groups excluding carboxylic acids is 1. The summed E-state index contributed by atoms with van der Waals surface area (Å²) in [6, 6.07) is 0.735. The Hall–Kier alpha value is -0.590. The van der Waals surface area contributed by atoms with E-state index in [9.17, 15) is 4.79 Å². The van der Waals surface area contributed by atoms with Crippen LogP contribution in [0.4, 0.5) is 0 Å². The van der Waals surface area contributed by atoms with Gasteiger partial charge in [0.05, 0.1) is 5.51 Å². The van der Waals surface area contributed by atoms with Gasteiger partial charge in [-0.25, -0.2) is 4.98 Å². The maximum Gasteiger partial charge on any atom is 0.273 e. The molecule has 1 unspecified atom stereocenters. The van der Waals surface area contributed by atoms with Crippen molar-refractivity contribution in [2.24, 2.45) is 0 Å². The van der Waals surface area contributed by atoms with Crippen molar-refractivity contribution in [3.8, 4) is 0 Å². The summed E-state index contributed by atoms with van der Waals surface area (Å²) in [5.74, 6) is 2.66. The van der Waals surface area contributed by atoms with Gasteiger partial charge in [-0.15, -0.1) is 11.3 Å². The number of carbonyl (C=O) groups is 1. The number of rotatable bonds is 2. The van der Waals surface area contributed by atoms with Gasteiger partial charge in [0.1, 0.15) is 5.69 Å². The highest BCUT2D eigenvalue weighted by molar-refractivity contribution is 7.99. The molecule has 4 nitrogen and oxygen atoms in total. The molecule has 0 bridgehead atoms. The Balaban J connectivity index is 1.59. The number of thiazole rings is 1. The lowest BCUT2D eigenvalue weighted by Crippen LogP contribution is -2.39. The molecule has 0 aromatic carbocycles. The highest BCUT2D eigenvalue weighted by Gasteiger charge is 2.27. The number of nitrogens with zero attached hydrogens (tertiary/aromatic N) is 3. The van der Waals surface area contributed by atoms with E-state index >= 15 is 0 Å². The molecule has 104 valence electrons. The zero-order valence-corrected chi connectivity index (χ0v) is 12.6. The molecule has 0 aliphatic carbocycles. The van der Waals surface area contributed by atoms with Crippen LogP contribution >= 0.6 is 23.1 Å². The first-order valence-electron chi connectivity index (χ1n) is 6.84. The molecule has 19 heavy (non-hydrogen) atoms. The van der Waals surface area contributed by atoms with E-state index in [4.69, 9.17) is 0 Å². The maximum absolute atomic E-state index is 12.3. The van der Waals surface area contributed by atoms with Crippen LogP contribution in [-0.4, -0.2) is 64.4 Å². The monoisotopic (exact) mass is 297 g/mol. The van der Waals surface area contributed by atoms with Gasteiger partial charge in [-0.3, -0.25) is 9.69 Å². The molecule has 2 fully saturated rings. The standard InChI is InChI=1S/C13H19N3OS2/c17-13(12-9-19-10-14-12)16-4-1-3-15(5-6-16)11-2-7-18-8-11/h9-11H,1-8H2. The van der Waals surface area contributed by atoms with Crippen LogP contribution < -0.4 is 0 Å². The Kier molecular flexibility index (Phi) is 4.40. The SMILES string of the molecule is O=C(c1cscn1)N1CCCN(C2CCSC2)CC1. The van der Waals surface area contributed by atoms with Gasteiger partial charge in [-0.1, -0.05) is 0 Å². The highest BCUT2D eigenvalue weighted by Crippen LogP contribution is 2.23. The van der Waals surface area contributed by atoms with Crippen molar-refractivity contribution in [1.29, 1.82) is 0 Å². The first-order valence-corrected chi connectivity index (χ1v) is 8.93. The normalized spacial score (nSPS) is 25.5. The van der Waals surface area contributed by atoms with E-state index in [1.54, 1.807) is 5.51 Å². The fourth-order valence-corrected chi connectivity index (χ4v) is 4.58. The van der Waals surface area contributed by atoms with Crippen LogP contribution in [0.3, 0.4) is 0 Å². The molecule has 2 aliphatic heterocycles. The quantitative estimate of drug-likeness (QED) is 0.834. The van der Waals surface area contributed by atoms with E-state index < -0.39 is 0 Å². The van der Waals surface area contributed by atoms with Gasteiger partial charge in [0, 0.05) is 43.4 Å². The first-order chi connectivity index (χ1) is 9.34. The molecule has 6 heteroatoms. The molecule has 3 heterocycles. The predicted octanol–water partition coefficient (Wildman–Crippen LogP) is 1.80. The smallest absolute Gasteiger partial charge is 0.273 e. The second-order valence-corrected chi connectivity index (χ2v) is 6.94. The lowest BCUT2D eigenvalue weighted by molar-refractivity contribution is 0.0754. The van der Waals surface area contributed by atoms with Gasteiger partial charge < -0.3 is 4.90 Å². The molecule has 1 aromatic heterocycles. The zero-order chi connectivity index (χ0) is 13.1. The van der Waals surface area contributed by atoms with E-state index in [2.05, 4.69) is 21.6 Å². The van der Waals surface area contributed by atoms with Crippen LogP contribution in [0.25, 0.3) is 0 Å². The first kappa shape index (κ1) is 13.4. The minimum Gasteiger partial charge on any atom is -0.336 e. The third kappa shape index (κ3) is 3.12. The molecule has 1 atom stereocenters. The van der Waals surface area contributed by atoms with Crippen LogP contribution in [0.2, 0.25) is 0 Å². The fraction of sp³-hybridized carbons (Fsp3) is 0.692. The van der Waals surface area contributed by atoms with Gasteiger partial charge in [0.2, 0.25) is 0 Å². The average Bonchev–Trinajstić information content (AvgIpc) is 3.08. The number of hydrogen-bond donors (Lipinski definition) is 0. The van der Waals surface area contributed by atoms with Crippen LogP contribution in [0.15, 0.2) is 10.9 Å².